The molecule has 0 radical (unpaired) electrons. The Bertz CT molecular complexity index is 1370. The molecule has 0 aliphatic rings. The van der Waals surface area contributed by atoms with Gasteiger partial charge in [-0.05, 0) is 48.5 Å². The van der Waals surface area contributed by atoms with Gasteiger partial charge in [-0.15, -0.1) is 0 Å². The average Bonchev–Trinajstić information content (AvgIpc) is 2.74. The molecule has 0 saturated heterocycles. The summed E-state index contributed by atoms with van der Waals surface area (Å²) in [4.78, 5) is 41.8. The summed E-state index contributed by atoms with van der Waals surface area (Å²) in [5.74, 6) is -0.310. The highest BCUT2D eigenvalue weighted by molar-refractivity contribution is 6.30. The maximum absolute atomic E-state index is 12.4. The molecule has 0 unspecified atom stereocenters. The van der Waals surface area contributed by atoms with Gasteiger partial charge in [0.05, 0.1) is 22.3 Å². The molecule has 154 valence electrons. The van der Waals surface area contributed by atoms with Gasteiger partial charge in [-0.1, -0.05) is 17.7 Å². The number of amides is 1. The summed E-state index contributed by atoms with van der Waals surface area (Å²) < 4.78 is 0. The Hall–Kier alpha value is -4.24. The van der Waals surface area contributed by atoms with Crippen LogP contribution in [0.15, 0.2) is 71.8 Å². The number of rotatable bonds is 5. The van der Waals surface area contributed by atoms with Gasteiger partial charge in [0.15, 0.2) is 5.52 Å². The van der Waals surface area contributed by atoms with Gasteiger partial charge in [0.1, 0.15) is 0 Å². The van der Waals surface area contributed by atoms with Gasteiger partial charge in [0.2, 0.25) is 0 Å². The first-order valence-electron chi connectivity index (χ1n) is 9.01. The van der Waals surface area contributed by atoms with Crippen LogP contribution in [0.4, 0.5) is 22.7 Å². The van der Waals surface area contributed by atoms with E-state index < -0.39 is 10.5 Å². The number of halogens is 1. The first-order chi connectivity index (χ1) is 14.9. The number of aromatic nitrogens is 2. The molecule has 9 nitrogen and oxygen atoms in total. The Morgan fingerprint density at radius 2 is 1.81 bits per heavy atom. The Labute approximate surface area is 179 Å². The van der Waals surface area contributed by atoms with Crippen LogP contribution in [0.2, 0.25) is 5.02 Å². The molecule has 4 aromatic rings. The van der Waals surface area contributed by atoms with E-state index in [1.165, 1.54) is 12.1 Å². The predicted octanol–water partition coefficient (Wildman–Crippen LogP) is 4.48. The smallest absolute Gasteiger partial charge is 0.295 e. The van der Waals surface area contributed by atoms with Gasteiger partial charge in [-0.25, -0.2) is 4.98 Å². The molecule has 1 aromatic heterocycles. The van der Waals surface area contributed by atoms with E-state index in [1.807, 2.05) is 0 Å². The van der Waals surface area contributed by atoms with E-state index in [9.17, 15) is 19.7 Å². The zero-order valence-corrected chi connectivity index (χ0v) is 16.5. The molecule has 0 aliphatic carbocycles. The third-order valence-corrected chi connectivity index (χ3v) is 4.73. The number of non-ortho nitro benzene ring substituents is 1. The molecule has 0 saturated carbocycles. The summed E-state index contributed by atoms with van der Waals surface area (Å²) >= 11 is 5.85. The van der Waals surface area contributed by atoms with Gasteiger partial charge >= 0.3 is 0 Å². The number of carbonyl (C=O) groups excluding carboxylic acids is 1. The molecule has 0 bridgehead atoms. The Morgan fingerprint density at radius 3 is 2.55 bits per heavy atom. The fourth-order valence-electron chi connectivity index (χ4n) is 3.05. The third kappa shape index (κ3) is 4.21. The normalized spacial score (nSPS) is 10.6. The molecule has 0 atom stereocenters. The number of nitro benzene ring substituents is 1. The molecule has 1 heterocycles. The van der Waals surface area contributed by atoms with E-state index in [0.29, 0.717) is 27.6 Å². The zero-order valence-electron chi connectivity index (χ0n) is 15.8. The van der Waals surface area contributed by atoms with Gasteiger partial charge in [0.25, 0.3) is 17.2 Å². The Morgan fingerprint density at radius 1 is 1.06 bits per heavy atom. The number of carbonyl (C=O) groups is 1. The van der Waals surface area contributed by atoms with Crippen LogP contribution in [0.5, 0.6) is 0 Å². The number of nitrogens with one attached hydrogen (secondary N) is 3. The molecule has 0 aliphatic heterocycles. The number of hydrogen-bond donors (Lipinski definition) is 3. The van der Waals surface area contributed by atoms with Crippen molar-refractivity contribution in [2.75, 3.05) is 10.6 Å². The molecule has 3 aromatic carbocycles. The highest BCUT2D eigenvalue weighted by atomic mass is 35.5. The quantitative estimate of drug-likeness (QED) is 0.313. The summed E-state index contributed by atoms with van der Waals surface area (Å²) in [5, 5.41) is 17.7. The van der Waals surface area contributed by atoms with Crippen LogP contribution in [-0.4, -0.2) is 20.8 Å². The lowest BCUT2D eigenvalue weighted by molar-refractivity contribution is -0.383. The molecule has 3 N–H and O–H groups in total. The second kappa shape index (κ2) is 8.25. The average molecular weight is 436 g/mol. The molecular weight excluding hydrogens is 422 g/mol. The molecule has 31 heavy (non-hydrogen) atoms. The standard InChI is InChI=1S/C21H14ClN5O4/c22-13-6-4-12(5-7-13)20(28)26-15-3-1-2-14(10-15)25-16-8-9-17(27(30)31)19-18(16)21(29)24-11-23-19/h1-11,25H,(H,26,28)(H,23,24,29). The number of aromatic amines is 1. The topological polar surface area (TPSA) is 130 Å². The van der Waals surface area contributed by atoms with E-state index in [-0.39, 0.29) is 22.5 Å². The van der Waals surface area contributed by atoms with Crippen LogP contribution in [0.1, 0.15) is 10.4 Å². The zero-order chi connectivity index (χ0) is 22.0. The minimum Gasteiger partial charge on any atom is -0.355 e. The van der Waals surface area contributed by atoms with Crippen molar-refractivity contribution in [1.29, 1.82) is 0 Å². The minimum absolute atomic E-state index is 0.0223. The maximum Gasteiger partial charge on any atom is 0.295 e. The minimum atomic E-state index is -0.592. The van der Waals surface area contributed by atoms with Crippen LogP contribution >= 0.6 is 11.6 Å². The fourth-order valence-corrected chi connectivity index (χ4v) is 3.18. The summed E-state index contributed by atoms with van der Waals surface area (Å²) in [6, 6.07) is 16.0. The number of anilines is 3. The van der Waals surface area contributed by atoms with Crippen molar-refractivity contribution in [2.45, 2.75) is 0 Å². The SMILES string of the molecule is O=C(Nc1cccc(Nc2ccc([N+](=O)[O-])c3nc[nH]c(=O)c23)c1)c1ccc(Cl)cc1. The van der Waals surface area contributed by atoms with E-state index in [2.05, 4.69) is 20.6 Å². The van der Waals surface area contributed by atoms with Gasteiger partial charge in [0, 0.05) is 28.0 Å². The predicted molar refractivity (Wildman–Crippen MR) is 118 cm³/mol. The highest BCUT2D eigenvalue weighted by Gasteiger charge is 2.18. The second-order valence-electron chi connectivity index (χ2n) is 6.51. The van der Waals surface area contributed by atoms with Gasteiger partial charge in [-0.3, -0.25) is 19.7 Å². The van der Waals surface area contributed by atoms with Gasteiger partial charge in [-0.2, -0.15) is 0 Å². The monoisotopic (exact) mass is 435 g/mol. The molecule has 1 amide bonds. The number of nitrogens with zero attached hydrogens (tertiary/aromatic N) is 2. The van der Waals surface area contributed by atoms with E-state index in [4.69, 9.17) is 11.6 Å². The summed E-state index contributed by atoms with van der Waals surface area (Å²) in [5.41, 5.74) is 1.07. The van der Waals surface area contributed by atoms with Crippen LogP contribution in [0.25, 0.3) is 10.9 Å². The van der Waals surface area contributed by atoms with Crippen molar-refractivity contribution in [3.8, 4) is 0 Å². The number of benzene rings is 3. The van der Waals surface area contributed by atoms with Gasteiger partial charge < -0.3 is 15.6 Å². The van der Waals surface area contributed by atoms with Crippen LogP contribution in [0.3, 0.4) is 0 Å². The number of nitro groups is 1. The number of hydrogen-bond acceptors (Lipinski definition) is 6. The first kappa shape index (κ1) is 20.0. The summed E-state index contributed by atoms with van der Waals surface area (Å²) in [6.07, 6.45) is 1.12. The molecule has 0 spiro atoms. The molecule has 4 rings (SSSR count). The van der Waals surface area contributed by atoms with Crippen LogP contribution in [0, 0.1) is 10.1 Å². The van der Waals surface area contributed by atoms with Crippen LogP contribution < -0.4 is 16.2 Å². The van der Waals surface area contributed by atoms with Crippen molar-refractivity contribution in [3.05, 3.63) is 98.0 Å². The van der Waals surface area contributed by atoms with E-state index in [0.717, 1.165) is 6.33 Å². The molecular formula is C21H14ClN5O4. The van der Waals surface area contributed by atoms with Crippen molar-refractivity contribution in [3.63, 3.8) is 0 Å². The number of fused-ring (bicyclic) bond motifs is 1. The largest absolute Gasteiger partial charge is 0.355 e. The maximum atomic E-state index is 12.4. The third-order valence-electron chi connectivity index (χ3n) is 4.48. The first-order valence-corrected chi connectivity index (χ1v) is 9.39. The van der Waals surface area contributed by atoms with Crippen molar-refractivity contribution < 1.29 is 9.72 Å². The van der Waals surface area contributed by atoms with E-state index in [1.54, 1.807) is 48.5 Å². The fraction of sp³-hybridized carbons (Fsp3) is 0. The lowest BCUT2D eigenvalue weighted by atomic mass is 10.1. The summed E-state index contributed by atoms with van der Waals surface area (Å²) in [6.45, 7) is 0. The van der Waals surface area contributed by atoms with Crippen molar-refractivity contribution in [1.82, 2.24) is 9.97 Å². The summed E-state index contributed by atoms with van der Waals surface area (Å²) in [7, 11) is 0. The lowest BCUT2D eigenvalue weighted by Crippen LogP contribution is -2.12. The lowest BCUT2D eigenvalue weighted by Gasteiger charge is -2.11. The second-order valence-corrected chi connectivity index (χ2v) is 6.95. The Balaban J connectivity index is 1.64. The molecule has 0 fully saturated rings. The Kier molecular flexibility index (Phi) is 5.33. The highest BCUT2D eigenvalue weighted by Crippen LogP contribution is 2.30. The number of H-pyrrole nitrogens is 1. The van der Waals surface area contributed by atoms with Crippen molar-refractivity contribution >= 4 is 51.2 Å². The van der Waals surface area contributed by atoms with E-state index >= 15 is 0 Å². The molecule has 10 heteroatoms. The van der Waals surface area contributed by atoms with Crippen molar-refractivity contribution in [2.24, 2.45) is 0 Å². The van der Waals surface area contributed by atoms with Crippen LogP contribution in [-0.2, 0) is 0 Å².